The molecule has 9 nitrogen and oxygen atoms in total. The number of methoxy groups -OCH3 is 2. The molecule has 0 saturated carbocycles. The molecule has 1 aromatic carbocycles. The van der Waals surface area contributed by atoms with E-state index in [1.807, 2.05) is 6.92 Å². The quantitative estimate of drug-likeness (QED) is 0.476. The van der Waals surface area contributed by atoms with Crippen molar-refractivity contribution < 1.29 is 28.5 Å². The van der Waals surface area contributed by atoms with Gasteiger partial charge in [-0.3, -0.25) is 0 Å². The zero-order chi connectivity index (χ0) is 22.6. The molecular weight excluding hydrogens is 418 g/mol. The monoisotopic (exact) mass is 447 g/mol. The summed E-state index contributed by atoms with van der Waals surface area (Å²) in [4.78, 5) is 21.4. The maximum atomic E-state index is 13.1. The second kappa shape index (κ2) is 9.42. The van der Waals surface area contributed by atoms with Crippen LogP contribution in [0.1, 0.15) is 17.3 Å². The van der Waals surface area contributed by atoms with Gasteiger partial charge in [-0.05, 0) is 25.1 Å². The van der Waals surface area contributed by atoms with E-state index in [9.17, 15) is 4.79 Å². The van der Waals surface area contributed by atoms with Gasteiger partial charge in [0.05, 0.1) is 38.6 Å². The largest absolute Gasteiger partial charge is 0.488 e. The van der Waals surface area contributed by atoms with Crippen molar-refractivity contribution in [3.63, 3.8) is 0 Å². The molecule has 2 aromatic rings. The summed E-state index contributed by atoms with van der Waals surface area (Å²) in [5.41, 5.74) is 0.894. The molecule has 0 amide bonds. The van der Waals surface area contributed by atoms with Crippen LogP contribution in [-0.4, -0.2) is 57.5 Å². The third kappa shape index (κ3) is 5.78. The molecule has 31 heavy (non-hydrogen) atoms. The lowest BCUT2D eigenvalue weighted by atomic mass is 10.1. The van der Waals surface area contributed by atoms with Crippen molar-refractivity contribution in [2.24, 2.45) is 0 Å². The van der Waals surface area contributed by atoms with E-state index in [4.69, 9.17) is 23.7 Å². The van der Waals surface area contributed by atoms with Crippen molar-refractivity contribution in [3.8, 4) is 29.3 Å². The van der Waals surface area contributed by atoms with Crippen molar-refractivity contribution in [2.45, 2.75) is 38.7 Å². The average Bonchev–Trinajstić information content (AvgIpc) is 2.72. The summed E-state index contributed by atoms with van der Waals surface area (Å²) >= 11 is 0. The Hall–Kier alpha value is -3.01. The van der Waals surface area contributed by atoms with Crippen LogP contribution in [0.15, 0.2) is 18.2 Å². The van der Waals surface area contributed by atoms with Crippen LogP contribution < -0.4 is 24.3 Å². The molecule has 10 heteroatoms. The van der Waals surface area contributed by atoms with E-state index in [0.29, 0.717) is 24.7 Å². The van der Waals surface area contributed by atoms with Gasteiger partial charge in [-0.2, -0.15) is 9.97 Å². The number of hydrogen-bond acceptors (Lipinski definition) is 9. The van der Waals surface area contributed by atoms with E-state index in [1.54, 1.807) is 12.1 Å². The Morgan fingerprint density at radius 1 is 1.19 bits per heavy atom. The van der Waals surface area contributed by atoms with Crippen LogP contribution in [0.2, 0.25) is 25.7 Å². The maximum Gasteiger partial charge on any atom is 0.345 e. The van der Waals surface area contributed by atoms with Gasteiger partial charge in [0, 0.05) is 8.07 Å². The van der Waals surface area contributed by atoms with Gasteiger partial charge in [0.25, 0.3) is 0 Å². The molecule has 3 rings (SSSR count). The minimum atomic E-state index is -1.36. The number of carbonyl (C=O) groups excluding carboxylic acids is 1. The fraction of sp³-hybridized carbons (Fsp3) is 0.476. The molecule has 0 radical (unpaired) electrons. The predicted molar refractivity (Wildman–Crippen MR) is 119 cm³/mol. The number of nitrogens with one attached hydrogen (secondary N) is 1. The SMILES string of the molecule is COc1cc(OC)nc(Oc2ccc3c(c2C(=O)OCC[Si](C)(C)C)OCC(C)N3)n1. The second-order valence-corrected chi connectivity index (χ2v) is 14.1. The van der Waals surface area contributed by atoms with E-state index >= 15 is 0 Å². The molecule has 0 saturated heterocycles. The summed E-state index contributed by atoms with van der Waals surface area (Å²) < 4.78 is 27.7. The van der Waals surface area contributed by atoms with Crippen LogP contribution in [0.4, 0.5) is 5.69 Å². The summed E-state index contributed by atoms with van der Waals surface area (Å²) in [5, 5.41) is 3.31. The molecule has 0 fully saturated rings. The van der Waals surface area contributed by atoms with Crippen LogP contribution >= 0.6 is 0 Å². The highest BCUT2D eigenvalue weighted by atomic mass is 28.3. The number of esters is 1. The van der Waals surface area contributed by atoms with Gasteiger partial charge in [-0.25, -0.2) is 4.79 Å². The average molecular weight is 448 g/mol. The zero-order valence-electron chi connectivity index (χ0n) is 18.8. The minimum absolute atomic E-state index is 0.0237. The van der Waals surface area contributed by atoms with Crippen LogP contribution in [0.3, 0.4) is 0 Å². The van der Waals surface area contributed by atoms with Crippen molar-refractivity contribution in [1.29, 1.82) is 0 Å². The van der Waals surface area contributed by atoms with Gasteiger partial charge >= 0.3 is 12.0 Å². The standard InChI is InChI=1S/C21H29N3O6Si/c1-13-12-29-19-14(22-13)7-8-15(18(19)20(25)28-9-10-31(4,5)6)30-21-23-16(26-2)11-17(24-21)27-3/h7-8,11,13,22H,9-10,12H2,1-6H3. The summed E-state index contributed by atoms with van der Waals surface area (Å²) in [7, 11) is 1.60. The van der Waals surface area contributed by atoms with Crippen molar-refractivity contribution in [1.82, 2.24) is 9.97 Å². The summed E-state index contributed by atoms with van der Waals surface area (Å²) in [6, 6.07) is 5.93. The topological polar surface area (TPSA) is 101 Å². The first-order valence-corrected chi connectivity index (χ1v) is 13.8. The highest BCUT2D eigenvalue weighted by Crippen LogP contribution is 2.40. The van der Waals surface area contributed by atoms with Crippen LogP contribution in [0.25, 0.3) is 0 Å². The molecular formula is C21H29N3O6Si. The number of rotatable bonds is 8. The minimum Gasteiger partial charge on any atom is -0.488 e. The van der Waals surface area contributed by atoms with Gasteiger partial charge in [-0.15, -0.1) is 0 Å². The fourth-order valence-electron chi connectivity index (χ4n) is 2.88. The Kier molecular flexibility index (Phi) is 6.89. The van der Waals surface area contributed by atoms with Crippen molar-refractivity contribution in [2.75, 3.05) is 32.8 Å². The normalized spacial score (nSPS) is 15.2. The third-order valence-electron chi connectivity index (χ3n) is 4.57. The summed E-state index contributed by atoms with van der Waals surface area (Å²) in [6.45, 7) is 9.42. The number of fused-ring (bicyclic) bond motifs is 1. The number of anilines is 1. The Morgan fingerprint density at radius 3 is 2.48 bits per heavy atom. The van der Waals surface area contributed by atoms with Crippen molar-refractivity contribution in [3.05, 3.63) is 23.8 Å². The maximum absolute atomic E-state index is 13.1. The summed E-state index contributed by atoms with van der Waals surface area (Å²) in [6.07, 6.45) is 0. The first-order valence-electron chi connectivity index (χ1n) is 10.1. The molecule has 168 valence electrons. The molecule has 0 aliphatic carbocycles. The Morgan fingerprint density at radius 2 is 1.87 bits per heavy atom. The predicted octanol–water partition coefficient (Wildman–Crippen LogP) is 3.97. The first kappa shape index (κ1) is 22.7. The third-order valence-corrected chi connectivity index (χ3v) is 6.27. The van der Waals surface area contributed by atoms with Gasteiger partial charge < -0.3 is 29.0 Å². The van der Waals surface area contributed by atoms with Gasteiger partial charge in [-0.1, -0.05) is 19.6 Å². The lowest BCUT2D eigenvalue weighted by Gasteiger charge is -2.27. The smallest absolute Gasteiger partial charge is 0.345 e. The molecule has 0 bridgehead atoms. The Balaban J connectivity index is 1.95. The van der Waals surface area contributed by atoms with E-state index in [1.165, 1.54) is 20.3 Å². The molecule has 1 aliphatic heterocycles. The van der Waals surface area contributed by atoms with Gasteiger partial charge in [0.2, 0.25) is 11.8 Å². The van der Waals surface area contributed by atoms with E-state index in [0.717, 1.165) is 6.04 Å². The molecule has 0 spiro atoms. The van der Waals surface area contributed by atoms with Crippen LogP contribution in [-0.2, 0) is 4.74 Å². The molecule has 1 aromatic heterocycles. The number of hydrogen-bond donors (Lipinski definition) is 1. The molecule has 1 N–H and O–H groups in total. The van der Waals surface area contributed by atoms with Crippen molar-refractivity contribution >= 4 is 19.7 Å². The number of aromatic nitrogens is 2. The number of nitrogens with zero attached hydrogens (tertiary/aromatic N) is 2. The Labute approximate surface area is 183 Å². The van der Waals surface area contributed by atoms with Gasteiger partial charge in [0.15, 0.2) is 5.75 Å². The number of carbonyl (C=O) groups is 1. The van der Waals surface area contributed by atoms with E-state index in [2.05, 4.69) is 34.9 Å². The van der Waals surface area contributed by atoms with Crippen LogP contribution in [0.5, 0.6) is 29.3 Å². The lowest BCUT2D eigenvalue weighted by Crippen LogP contribution is -2.29. The molecule has 1 unspecified atom stereocenters. The summed E-state index contributed by atoms with van der Waals surface area (Å²) in [5.74, 6) is 0.639. The molecule has 1 aliphatic rings. The lowest BCUT2D eigenvalue weighted by molar-refractivity contribution is 0.0516. The number of ether oxygens (including phenoxy) is 5. The first-order chi connectivity index (χ1) is 14.7. The fourth-order valence-corrected chi connectivity index (χ4v) is 3.60. The highest BCUT2D eigenvalue weighted by Gasteiger charge is 2.29. The van der Waals surface area contributed by atoms with Crippen LogP contribution in [0, 0.1) is 0 Å². The number of benzene rings is 1. The zero-order valence-corrected chi connectivity index (χ0v) is 19.8. The van der Waals surface area contributed by atoms with E-state index < -0.39 is 14.0 Å². The van der Waals surface area contributed by atoms with E-state index in [-0.39, 0.29) is 35.1 Å². The highest BCUT2D eigenvalue weighted by molar-refractivity contribution is 6.76. The molecule has 2 heterocycles. The Bertz CT molecular complexity index is 925. The second-order valence-electron chi connectivity index (χ2n) is 8.46. The molecule has 1 atom stereocenters. The van der Waals surface area contributed by atoms with Gasteiger partial charge in [0.1, 0.15) is 17.9 Å².